The van der Waals surface area contributed by atoms with Crippen molar-refractivity contribution in [1.29, 1.82) is 0 Å². The molecule has 1 aromatic heterocycles. The maximum atomic E-state index is 12.8. The van der Waals surface area contributed by atoms with Crippen molar-refractivity contribution in [1.82, 2.24) is 9.88 Å². The van der Waals surface area contributed by atoms with Gasteiger partial charge in [0.1, 0.15) is 11.5 Å². The first-order valence-corrected chi connectivity index (χ1v) is 8.98. The molecule has 0 radical (unpaired) electrons. The summed E-state index contributed by atoms with van der Waals surface area (Å²) in [4.78, 5) is 41.6. The minimum Gasteiger partial charge on any atom is -0.507 e. The van der Waals surface area contributed by atoms with Crippen LogP contribution in [0.4, 0.5) is 0 Å². The number of aliphatic hydroxyl groups excluding tert-OH is 1. The van der Waals surface area contributed by atoms with Crippen molar-refractivity contribution in [2.45, 2.75) is 18.9 Å². The molecule has 8 nitrogen and oxygen atoms in total. The molecular formula is C21H20N2O6. The summed E-state index contributed by atoms with van der Waals surface area (Å²) in [5, 5.41) is 19.7. The number of aliphatic hydroxyl groups is 1. The highest BCUT2D eigenvalue weighted by Crippen LogP contribution is 2.39. The van der Waals surface area contributed by atoms with Crippen LogP contribution in [0.15, 0.2) is 54.4 Å². The lowest BCUT2D eigenvalue weighted by Gasteiger charge is -2.24. The fraction of sp³-hybridized carbons (Fsp3) is 0.238. The molecule has 2 aromatic rings. The number of carboxylic acid groups (broad SMARTS) is 1. The van der Waals surface area contributed by atoms with E-state index in [1.165, 1.54) is 18.2 Å². The van der Waals surface area contributed by atoms with Gasteiger partial charge in [0.2, 0.25) is 0 Å². The molecule has 1 atom stereocenters. The Kier molecular flexibility index (Phi) is 5.92. The van der Waals surface area contributed by atoms with E-state index in [9.17, 15) is 19.5 Å². The summed E-state index contributed by atoms with van der Waals surface area (Å²) in [6.45, 7) is 0.0653. The summed E-state index contributed by atoms with van der Waals surface area (Å²) in [6.07, 6.45) is 3.12. The van der Waals surface area contributed by atoms with Crippen molar-refractivity contribution >= 4 is 23.4 Å². The Bertz CT molecular complexity index is 953. The maximum absolute atomic E-state index is 12.8. The number of hydrogen-bond acceptors (Lipinski definition) is 6. The van der Waals surface area contributed by atoms with Crippen LogP contribution in [0.3, 0.4) is 0 Å². The number of hydrogen-bond donors (Lipinski definition) is 2. The number of benzene rings is 1. The molecule has 3 rings (SSSR count). The second-order valence-corrected chi connectivity index (χ2v) is 6.50. The zero-order valence-corrected chi connectivity index (χ0v) is 15.7. The maximum Gasteiger partial charge on any atom is 0.303 e. The standard InChI is InChI=1S/C21H20N2O6/c1-29-15-8-6-13(7-9-15)19(26)17-18(14-4-2-10-22-12-14)23(21(28)20(17)27)11-3-5-16(24)25/h2,4,6-10,12,18,26H,3,5,11H2,1H3,(H,24,25)/t18-/m0/s1. The molecule has 2 N–H and O–H groups in total. The summed E-state index contributed by atoms with van der Waals surface area (Å²) < 4.78 is 5.10. The van der Waals surface area contributed by atoms with Crippen LogP contribution < -0.4 is 4.74 Å². The largest absolute Gasteiger partial charge is 0.507 e. The Morgan fingerprint density at radius 3 is 2.48 bits per heavy atom. The smallest absolute Gasteiger partial charge is 0.303 e. The van der Waals surface area contributed by atoms with Crippen LogP contribution in [0, 0.1) is 0 Å². The van der Waals surface area contributed by atoms with Gasteiger partial charge >= 0.3 is 5.97 Å². The van der Waals surface area contributed by atoms with Crippen molar-refractivity contribution in [2.75, 3.05) is 13.7 Å². The highest BCUT2D eigenvalue weighted by molar-refractivity contribution is 6.46. The lowest BCUT2D eigenvalue weighted by molar-refractivity contribution is -0.140. The number of aliphatic carboxylic acids is 1. The number of ether oxygens (including phenoxy) is 1. The summed E-state index contributed by atoms with van der Waals surface area (Å²) >= 11 is 0. The highest BCUT2D eigenvalue weighted by Gasteiger charge is 2.45. The molecule has 0 unspecified atom stereocenters. The van der Waals surface area contributed by atoms with Gasteiger partial charge in [-0.25, -0.2) is 0 Å². The number of methoxy groups -OCH3 is 1. The van der Waals surface area contributed by atoms with Gasteiger partial charge in [-0.1, -0.05) is 6.07 Å². The van der Waals surface area contributed by atoms with Gasteiger partial charge in [-0.05, 0) is 42.3 Å². The van der Waals surface area contributed by atoms with E-state index in [1.54, 1.807) is 42.6 Å². The van der Waals surface area contributed by atoms with Gasteiger partial charge in [-0.3, -0.25) is 19.4 Å². The third-order valence-electron chi connectivity index (χ3n) is 4.69. The van der Waals surface area contributed by atoms with Gasteiger partial charge in [0.15, 0.2) is 0 Å². The van der Waals surface area contributed by atoms with Gasteiger partial charge in [0.25, 0.3) is 11.7 Å². The first-order valence-electron chi connectivity index (χ1n) is 8.98. The Labute approximate surface area is 167 Å². The van der Waals surface area contributed by atoms with Crippen LogP contribution in [0.5, 0.6) is 5.75 Å². The fourth-order valence-electron chi connectivity index (χ4n) is 3.30. The van der Waals surface area contributed by atoms with Crippen molar-refractivity contribution in [3.63, 3.8) is 0 Å². The molecule has 1 saturated heterocycles. The van der Waals surface area contributed by atoms with Crippen molar-refractivity contribution in [3.05, 3.63) is 65.5 Å². The lowest BCUT2D eigenvalue weighted by Crippen LogP contribution is -2.31. The Morgan fingerprint density at radius 2 is 1.90 bits per heavy atom. The summed E-state index contributed by atoms with van der Waals surface area (Å²) in [7, 11) is 1.51. The number of Topliss-reactive ketones (excluding diaryl/α,β-unsaturated/α-hetero) is 1. The van der Waals surface area contributed by atoms with Gasteiger partial charge in [0.05, 0.1) is 18.7 Å². The molecule has 0 bridgehead atoms. The summed E-state index contributed by atoms with van der Waals surface area (Å²) in [6, 6.07) is 8.97. The van der Waals surface area contributed by atoms with Crippen molar-refractivity contribution in [3.8, 4) is 5.75 Å². The molecule has 1 amide bonds. The number of carbonyl (C=O) groups excluding carboxylic acids is 2. The van der Waals surface area contributed by atoms with E-state index in [4.69, 9.17) is 9.84 Å². The number of pyridine rings is 1. The summed E-state index contributed by atoms with van der Waals surface area (Å²) in [5.74, 6) is -2.31. The number of amides is 1. The normalized spacial score (nSPS) is 18.1. The number of ketones is 1. The van der Waals surface area contributed by atoms with Crippen LogP contribution in [-0.2, 0) is 14.4 Å². The molecule has 29 heavy (non-hydrogen) atoms. The number of carboxylic acids is 1. The third-order valence-corrected chi connectivity index (χ3v) is 4.69. The van der Waals surface area contributed by atoms with E-state index in [2.05, 4.69) is 4.98 Å². The highest BCUT2D eigenvalue weighted by atomic mass is 16.5. The first kappa shape index (κ1) is 20.1. The van der Waals surface area contributed by atoms with Gasteiger partial charge in [-0.15, -0.1) is 0 Å². The molecule has 1 fully saturated rings. The Hall–Kier alpha value is -3.68. The molecule has 0 spiro atoms. The Balaban J connectivity index is 2.06. The van der Waals surface area contributed by atoms with E-state index < -0.39 is 23.7 Å². The first-order chi connectivity index (χ1) is 13.9. The quantitative estimate of drug-likeness (QED) is 0.419. The molecular weight excluding hydrogens is 376 g/mol. The molecule has 0 saturated carbocycles. The monoisotopic (exact) mass is 396 g/mol. The minimum absolute atomic E-state index is 0.0523. The number of rotatable bonds is 7. The van der Waals surface area contributed by atoms with Gasteiger partial charge in [-0.2, -0.15) is 0 Å². The molecule has 150 valence electrons. The average molecular weight is 396 g/mol. The van der Waals surface area contributed by atoms with Gasteiger partial charge < -0.3 is 19.8 Å². The zero-order valence-electron chi connectivity index (χ0n) is 15.7. The van der Waals surface area contributed by atoms with Crippen LogP contribution >= 0.6 is 0 Å². The van der Waals surface area contributed by atoms with E-state index >= 15 is 0 Å². The Morgan fingerprint density at radius 1 is 1.17 bits per heavy atom. The number of nitrogens with zero attached hydrogens (tertiary/aromatic N) is 2. The van der Waals surface area contributed by atoms with Crippen LogP contribution in [0.1, 0.15) is 30.0 Å². The molecule has 2 heterocycles. The van der Waals surface area contributed by atoms with Crippen LogP contribution in [-0.4, -0.2) is 51.4 Å². The van der Waals surface area contributed by atoms with Gasteiger partial charge in [0, 0.05) is 30.9 Å². The van der Waals surface area contributed by atoms with E-state index in [0.717, 1.165) is 0 Å². The van der Waals surface area contributed by atoms with Crippen LogP contribution in [0.2, 0.25) is 0 Å². The molecule has 8 heteroatoms. The van der Waals surface area contributed by atoms with E-state index in [0.29, 0.717) is 16.9 Å². The topological polar surface area (TPSA) is 117 Å². The molecule has 0 aliphatic carbocycles. The van der Waals surface area contributed by atoms with Crippen molar-refractivity contribution in [2.24, 2.45) is 0 Å². The third kappa shape index (κ3) is 4.11. The van der Waals surface area contributed by atoms with E-state index in [1.807, 2.05) is 0 Å². The fourth-order valence-corrected chi connectivity index (χ4v) is 3.30. The second-order valence-electron chi connectivity index (χ2n) is 6.50. The number of aromatic nitrogens is 1. The SMILES string of the molecule is COc1ccc(C(O)=C2C(=O)C(=O)N(CCCC(=O)O)[C@H]2c2cccnc2)cc1. The second kappa shape index (κ2) is 8.55. The summed E-state index contributed by atoms with van der Waals surface area (Å²) in [5.41, 5.74) is 0.865. The zero-order chi connectivity index (χ0) is 21.0. The molecule has 1 aromatic carbocycles. The number of likely N-dealkylation sites (tertiary alicyclic amines) is 1. The van der Waals surface area contributed by atoms with E-state index in [-0.39, 0.29) is 30.7 Å². The van der Waals surface area contributed by atoms with Crippen molar-refractivity contribution < 1.29 is 29.3 Å². The van der Waals surface area contributed by atoms with Crippen LogP contribution in [0.25, 0.3) is 5.76 Å². The number of carbonyl (C=O) groups is 3. The predicted molar refractivity (Wildman–Crippen MR) is 103 cm³/mol. The molecule has 1 aliphatic rings. The average Bonchev–Trinajstić information content (AvgIpc) is 2.98. The predicted octanol–water partition coefficient (Wildman–Crippen LogP) is 2.38. The molecule has 1 aliphatic heterocycles. The lowest BCUT2D eigenvalue weighted by atomic mass is 9.96. The minimum atomic E-state index is -0.988.